The number of hydrogen-bond donors (Lipinski definition) is 1. The van der Waals surface area contributed by atoms with Crippen LogP contribution in [0.3, 0.4) is 0 Å². The lowest BCUT2D eigenvalue weighted by molar-refractivity contribution is -0.118. The predicted molar refractivity (Wildman–Crippen MR) is 88.4 cm³/mol. The first-order chi connectivity index (χ1) is 10.8. The van der Waals surface area contributed by atoms with Gasteiger partial charge in [0.2, 0.25) is 15.7 Å². The average Bonchev–Trinajstić information content (AvgIpc) is 2.55. The van der Waals surface area contributed by atoms with Gasteiger partial charge in [0.05, 0.1) is 16.9 Å². The molecule has 2 aromatic rings. The first kappa shape index (κ1) is 17.0. The monoisotopic (exact) mass is 333 g/mol. The summed E-state index contributed by atoms with van der Waals surface area (Å²) in [6, 6.07) is 12.3. The number of hydrogen-bond acceptors (Lipinski definition) is 4. The minimum Gasteiger partial charge on any atom is -0.497 e. The molecule has 0 aliphatic heterocycles. The van der Waals surface area contributed by atoms with Gasteiger partial charge in [-0.15, -0.1) is 0 Å². The van der Waals surface area contributed by atoms with Gasteiger partial charge in [-0.05, 0) is 48.5 Å². The van der Waals surface area contributed by atoms with Crippen LogP contribution < -0.4 is 10.1 Å². The highest BCUT2D eigenvalue weighted by atomic mass is 32.2. The number of benzene rings is 2. The minimum absolute atomic E-state index is 0.115. The van der Waals surface area contributed by atoms with Crippen molar-refractivity contribution in [2.45, 2.75) is 23.6 Å². The number of anilines is 1. The maximum absolute atomic E-state index is 12.5. The lowest BCUT2D eigenvalue weighted by Gasteiger charge is -2.09. The molecule has 0 saturated carbocycles. The lowest BCUT2D eigenvalue weighted by Crippen LogP contribution is -2.17. The number of sulfone groups is 1. The summed E-state index contributed by atoms with van der Waals surface area (Å²) < 4.78 is 30.1. The van der Waals surface area contributed by atoms with Crippen molar-refractivity contribution in [1.29, 1.82) is 0 Å². The highest BCUT2D eigenvalue weighted by Gasteiger charge is 2.17. The van der Waals surface area contributed by atoms with Gasteiger partial charge in [0.1, 0.15) is 5.75 Å². The van der Waals surface area contributed by atoms with Crippen molar-refractivity contribution in [2.24, 2.45) is 5.92 Å². The van der Waals surface area contributed by atoms with E-state index in [9.17, 15) is 13.2 Å². The second-order valence-corrected chi connectivity index (χ2v) is 7.30. The van der Waals surface area contributed by atoms with Gasteiger partial charge in [0.15, 0.2) is 0 Å². The van der Waals surface area contributed by atoms with Crippen LogP contribution in [0.1, 0.15) is 13.8 Å². The number of rotatable bonds is 5. The molecule has 0 aliphatic rings. The average molecular weight is 333 g/mol. The van der Waals surface area contributed by atoms with E-state index < -0.39 is 9.84 Å². The highest BCUT2D eigenvalue weighted by Crippen LogP contribution is 2.24. The quantitative estimate of drug-likeness (QED) is 0.912. The summed E-state index contributed by atoms with van der Waals surface area (Å²) in [5.74, 6) is 0.337. The van der Waals surface area contributed by atoms with Crippen LogP contribution in [-0.4, -0.2) is 21.4 Å². The number of nitrogens with one attached hydrogen (secondary N) is 1. The van der Waals surface area contributed by atoms with E-state index in [1.165, 1.54) is 31.4 Å². The molecule has 0 bridgehead atoms. The SMILES string of the molecule is COc1ccc(S(=O)(=O)c2ccc(NC(=O)C(C)C)cc2)cc1. The van der Waals surface area contributed by atoms with E-state index >= 15 is 0 Å². The second kappa shape index (κ2) is 6.83. The Balaban J connectivity index is 2.24. The summed E-state index contributed by atoms with van der Waals surface area (Å²) in [6.45, 7) is 3.58. The number of amides is 1. The van der Waals surface area contributed by atoms with E-state index in [4.69, 9.17) is 4.74 Å². The van der Waals surface area contributed by atoms with Crippen LogP contribution in [0.5, 0.6) is 5.75 Å². The van der Waals surface area contributed by atoms with Gasteiger partial charge in [0.25, 0.3) is 0 Å². The molecule has 6 heteroatoms. The minimum atomic E-state index is -3.59. The predicted octanol–water partition coefficient (Wildman–Crippen LogP) is 3.12. The third kappa shape index (κ3) is 3.90. The molecule has 0 radical (unpaired) electrons. The van der Waals surface area contributed by atoms with Crippen molar-refractivity contribution in [3.05, 3.63) is 48.5 Å². The Bertz CT molecular complexity index is 778. The Kier molecular flexibility index (Phi) is 5.05. The summed E-state index contributed by atoms with van der Waals surface area (Å²) in [6.07, 6.45) is 0. The number of ether oxygens (including phenoxy) is 1. The number of methoxy groups -OCH3 is 1. The molecular weight excluding hydrogens is 314 g/mol. The van der Waals surface area contributed by atoms with Crippen LogP contribution in [0.2, 0.25) is 0 Å². The largest absolute Gasteiger partial charge is 0.497 e. The fourth-order valence-electron chi connectivity index (χ4n) is 1.89. The molecule has 0 aromatic heterocycles. The molecule has 0 aliphatic carbocycles. The molecule has 23 heavy (non-hydrogen) atoms. The van der Waals surface area contributed by atoms with E-state index in [0.29, 0.717) is 11.4 Å². The molecule has 1 amide bonds. The fraction of sp³-hybridized carbons (Fsp3) is 0.235. The van der Waals surface area contributed by atoms with Crippen molar-refractivity contribution in [1.82, 2.24) is 0 Å². The first-order valence-corrected chi connectivity index (χ1v) is 8.63. The van der Waals surface area contributed by atoms with Gasteiger partial charge >= 0.3 is 0 Å². The molecule has 1 N–H and O–H groups in total. The molecule has 0 heterocycles. The van der Waals surface area contributed by atoms with Gasteiger partial charge in [-0.3, -0.25) is 4.79 Å². The van der Waals surface area contributed by atoms with E-state index in [0.717, 1.165) is 0 Å². The molecule has 0 unspecified atom stereocenters. The zero-order valence-corrected chi connectivity index (χ0v) is 14.1. The number of carbonyl (C=O) groups is 1. The van der Waals surface area contributed by atoms with Crippen molar-refractivity contribution in [3.8, 4) is 5.75 Å². The first-order valence-electron chi connectivity index (χ1n) is 7.14. The van der Waals surface area contributed by atoms with Crippen molar-refractivity contribution >= 4 is 21.4 Å². The van der Waals surface area contributed by atoms with Crippen molar-refractivity contribution in [2.75, 3.05) is 12.4 Å². The van der Waals surface area contributed by atoms with E-state index in [1.807, 2.05) is 0 Å². The van der Waals surface area contributed by atoms with Crippen LogP contribution in [0.15, 0.2) is 58.3 Å². The van der Waals surface area contributed by atoms with Gasteiger partial charge in [-0.2, -0.15) is 0 Å². The normalized spacial score (nSPS) is 11.3. The molecule has 5 nitrogen and oxygen atoms in total. The summed E-state index contributed by atoms with van der Waals surface area (Å²) in [5.41, 5.74) is 0.567. The van der Waals surface area contributed by atoms with E-state index in [2.05, 4.69) is 5.32 Å². The van der Waals surface area contributed by atoms with Gasteiger partial charge in [-0.25, -0.2) is 8.42 Å². The zero-order valence-electron chi connectivity index (χ0n) is 13.2. The van der Waals surface area contributed by atoms with Crippen LogP contribution >= 0.6 is 0 Å². The Morgan fingerprint density at radius 2 is 1.43 bits per heavy atom. The van der Waals surface area contributed by atoms with E-state index in [1.54, 1.807) is 38.1 Å². The lowest BCUT2D eigenvalue weighted by atomic mass is 10.2. The Hall–Kier alpha value is -2.34. The number of carbonyl (C=O) groups excluding carboxylic acids is 1. The van der Waals surface area contributed by atoms with Crippen LogP contribution in [-0.2, 0) is 14.6 Å². The van der Waals surface area contributed by atoms with Gasteiger partial charge in [-0.1, -0.05) is 13.8 Å². The molecule has 0 saturated heterocycles. The molecule has 0 atom stereocenters. The highest BCUT2D eigenvalue weighted by molar-refractivity contribution is 7.91. The molecular formula is C17H19NO4S. The Morgan fingerprint density at radius 3 is 1.87 bits per heavy atom. The third-order valence-electron chi connectivity index (χ3n) is 3.33. The van der Waals surface area contributed by atoms with Crippen LogP contribution in [0.25, 0.3) is 0 Å². The topological polar surface area (TPSA) is 72.5 Å². The summed E-state index contributed by atoms with van der Waals surface area (Å²) in [4.78, 5) is 12.0. The molecule has 0 fully saturated rings. The summed E-state index contributed by atoms with van der Waals surface area (Å²) >= 11 is 0. The maximum atomic E-state index is 12.5. The standard InChI is InChI=1S/C17H19NO4S/c1-12(2)17(19)18-13-4-8-15(9-5-13)23(20,21)16-10-6-14(22-3)7-11-16/h4-12H,1-3H3,(H,18,19). The smallest absolute Gasteiger partial charge is 0.226 e. The van der Waals surface area contributed by atoms with Crippen LogP contribution in [0.4, 0.5) is 5.69 Å². The van der Waals surface area contributed by atoms with Crippen molar-refractivity contribution in [3.63, 3.8) is 0 Å². The van der Waals surface area contributed by atoms with Gasteiger partial charge < -0.3 is 10.1 Å². The van der Waals surface area contributed by atoms with Crippen molar-refractivity contribution < 1.29 is 17.9 Å². The second-order valence-electron chi connectivity index (χ2n) is 5.35. The Labute approximate surface area is 136 Å². The summed E-state index contributed by atoms with van der Waals surface area (Å²) in [5, 5.41) is 2.72. The molecule has 2 aromatic carbocycles. The van der Waals surface area contributed by atoms with E-state index in [-0.39, 0.29) is 21.6 Å². The molecule has 2 rings (SSSR count). The van der Waals surface area contributed by atoms with Gasteiger partial charge in [0, 0.05) is 11.6 Å². The molecule has 0 spiro atoms. The summed E-state index contributed by atoms with van der Waals surface area (Å²) in [7, 11) is -2.07. The maximum Gasteiger partial charge on any atom is 0.226 e. The zero-order chi connectivity index (χ0) is 17.0. The third-order valence-corrected chi connectivity index (χ3v) is 5.11. The van der Waals surface area contributed by atoms with Crippen LogP contribution in [0, 0.1) is 5.92 Å². The fourth-order valence-corrected chi connectivity index (χ4v) is 3.16. The Morgan fingerprint density at radius 1 is 0.957 bits per heavy atom. The molecule has 122 valence electrons.